The molecule has 0 heterocycles. The van der Waals surface area contributed by atoms with Gasteiger partial charge in [0.25, 0.3) is 0 Å². The number of allylic oxidation sites excluding steroid dienone is 3. The number of carbonyl (C=O) groups excluding carboxylic acids is 1. The SMILES string of the molecule is CCN(CC)C(=O)C1(C(C)C(F)(F)F)CC=CC=C1S(N)(=O)=O. The van der Waals surface area contributed by atoms with Crippen molar-refractivity contribution < 1.29 is 26.4 Å². The summed E-state index contributed by atoms with van der Waals surface area (Å²) in [4.78, 5) is 13.4. The van der Waals surface area contributed by atoms with Gasteiger partial charge in [0, 0.05) is 13.1 Å². The zero-order valence-corrected chi connectivity index (χ0v) is 14.0. The van der Waals surface area contributed by atoms with E-state index in [0.29, 0.717) is 0 Å². The first-order chi connectivity index (χ1) is 10.4. The number of carbonyl (C=O) groups is 1. The van der Waals surface area contributed by atoms with Gasteiger partial charge in [0.1, 0.15) is 5.41 Å². The van der Waals surface area contributed by atoms with E-state index in [2.05, 4.69) is 0 Å². The van der Waals surface area contributed by atoms with Crippen LogP contribution in [0.1, 0.15) is 27.2 Å². The maximum Gasteiger partial charge on any atom is 0.392 e. The standard InChI is InChI=1S/C14H21F3N2O3S/c1-4-19(5-2)12(20)13(10(3)14(15,16)17)9-7-6-8-11(13)23(18,21)22/h6-8,10H,4-5,9H2,1-3H3,(H2,18,21,22). The molecule has 0 spiro atoms. The van der Waals surface area contributed by atoms with Crippen LogP contribution in [0, 0.1) is 11.3 Å². The van der Waals surface area contributed by atoms with E-state index in [-0.39, 0.29) is 19.5 Å². The summed E-state index contributed by atoms with van der Waals surface area (Å²) in [5.74, 6) is -3.07. The molecule has 1 aliphatic carbocycles. The monoisotopic (exact) mass is 354 g/mol. The lowest BCUT2D eigenvalue weighted by Crippen LogP contribution is -2.54. The summed E-state index contributed by atoms with van der Waals surface area (Å²) < 4.78 is 64.0. The van der Waals surface area contributed by atoms with Crippen LogP contribution in [-0.4, -0.2) is 38.5 Å². The second-order valence-electron chi connectivity index (χ2n) is 5.42. The number of nitrogens with zero attached hydrogens (tertiary/aromatic N) is 1. The zero-order chi connectivity index (χ0) is 18.1. The fourth-order valence-electron chi connectivity index (χ4n) is 2.85. The maximum atomic E-state index is 13.4. The van der Waals surface area contributed by atoms with Gasteiger partial charge in [-0.1, -0.05) is 19.1 Å². The highest BCUT2D eigenvalue weighted by atomic mass is 32.2. The summed E-state index contributed by atoms with van der Waals surface area (Å²) in [5.41, 5.74) is -2.27. The molecule has 0 aliphatic heterocycles. The maximum absolute atomic E-state index is 13.4. The molecule has 0 saturated carbocycles. The highest BCUT2D eigenvalue weighted by Gasteiger charge is 2.60. The number of amides is 1. The van der Waals surface area contributed by atoms with Gasteiger partial charge in [0.05, 0.1) is 10.8 Å². The molecule has 9 heteroatoms. The minimum Gasteiger partial charge on any atom is -0.342 e. The van der Waals surface area contributed by atoms with Gasteiger partial charge in [-0.15, -0.1) is 0 Å². The zero-order valence-electron chi connectivity index (χ0n) is 13.2. The Hall–Kier alpha value is -1.35. The Bertz CT molecular complexity index is 622. The van der Waals surface area contributed by atoms with Crippen molar-refractivity contribution in [2.75, 3.05) is 13.1 Å². The molecule has 0 aromatic rings. The van der Waals surface area contributed by atoms with E-state index >= 15 is 0 Å². The Balaban J connectivity index is 3.66. The minimum atomic E-state index is -4.75. The average Bonchev–Trinajstić information content (AvgIpc) is 2.45. The summed E-state index contributed by atoms with van der Waals surface area (Å²) >= 11 is 0. The molecule has 0 aromatic carbocycles. The number of alkyl halides is 3. The molecule has 2 N–H and O–H groups in total. The lowest BCUT2D eigenvalue weighted by atomic mass is 9.69. The predicted molar refractivity (Wildman–Crippen MR) is 80.5 cm³/mol. The van der Waals surface area contributed by atoms with E-state index in [4.69, 9.17) is 5.14 Å². The van der Waals surface area contributed by atoms with Crippen LogP contribution >= 0.6 is 0 Å². The van der Waals surface area contributed by atoms with Gasteiger partial charge in [-0.2, -0.15) is 13.2 Å². The molecular formula is C14H21F3N2O3S. The van der Waals surface area contributed by atoms with Crippen LogP contribution in [0.3, 0.4) is 0 Å². The van der Waals surface area contributed by atoms with Crippen LogP contribution in [0.2, 0.25) is 0 Å². The molecule has 132 valence electrons. The highest BCUT2D eigenvalue weighted by Crippen LogP contribution is 2.51. The van der Waals surface area contributed by atoms with Crippen LogP contribution in [0.5, 0.6) is 0 Å². The van der Waals surface area contributed by atoms with Crippen molar-refractivity contribution in [3.63, 3.8) is 0 Å². The first-order valence-corrected chi connectivity index (χ1v) is 8.73. The van der Waals surface area contributed by atoms with Crippen LogP contribution in [0.15, 0.2) is 23.1 Å². The Morgan fingerprint density at radius 1 is 1.39 bits per heavy atom. The largest absolute Gasteiger partial charge is 0.392 e. The van der Waals surface area contributed by atoms with Gasteiger partial charge >= 0.3 is 6.18 Å². The number of halogens is 3. The van der Waals surface area contributed by atoms with Gasteiger partial charge in [-0.3, -0.25) is 4.79 Å². The topological polar surface area (TPSA) is 80.5 Å². The van der Waals surface area contributed by atoms with Crippen molar-refractivity contribution in [2.45, 2.75) is 33.4 Å². The van der Waals surface area contributed by atoms with E-state index in [1.54, 1.807) is 13.8 Å². The van der Waals surface area contributed by atoms with Crippen molar-refractivity contribution in [1.29, 1.82) is 0 Å². The molecule has 0 fully saturated rings. The minimum absolute atomic E-state index is 0.170. The third-order valence-corrected chi connectivity index (χ3v) is 5.35. The van der Waals surface area contributed by atoms with Crippen molar-refractivity contribution in [1.82, 2.24) is 4.90 Å². The lowest BCUT2D eigenvalue weighted by Gasteiger charge is -2.42. The Morgan fingerprint density at radius 3 is 2.30 bits per heavy atom. The van der Waals surface area contributed by atoms with Gasteiger partial charge in [0.15, 0.2) is 0 Å². The highest BCUT2D eigenvalue weighted by molar-refractivity contribution is 7.93. The molecule has 0 bridgehead atoms. The molecule has 23 heavy (non-hydrogen) atoms. The molecule has 0 radical (unpaired) electrons. The van der Waals surface area contributed by atoms with Crippen molar-refractivity contribution >= 4 is 15.9 Å². The van der Waals surface area contributed by atoms with Gasteiger partial charge in [-0.05, 0) is 26.3 Å². The van der Waals surface area contributed by atoms with Crippen LogP contribution in [0.25, 0.3) is 0 Å². The van der Waals surface area contributed by atoms with Crippen LogP contribution < -0.4 is 5.14 Å². The molecule has 1 rings (SSSR count). The predicted octanol–water partition coefficient (Wildman–Crippen LogP) is 2.17. The van der Waals surface area contributed by atoms with Crippen LogP contribution in [0.4, 0.5) is 13.2 Å². The number of sulfonamides is 1. The van der Waals surface area contributed by atoms with Crippen molar-refractivity contribution in [3.05, 3.63) is 23.1 Å². The third-order valence-electron chi connectivity index (χ3n) is 4.23. The smallest absolute Gasteiger partial charge is 0.342 e. The van der Waals surface area contributed by atoms with E-state index in [1.807, 2.05) is 0 Å². The molecule has 1 amide bonds. The fraction of sp³-hybridized carbons (Fsp3) is 0.643. The number of rotatable bonds is 5. The summed E-state index contributed by atoms with van der Waals surface area (Å²) in [7, 11) is -4.47. The number of hydrogen-bond acceptors (Lipinski definition) is 3. The van der Waals surface area contributed by atoms with Crippen molar-refractivity contribution in [3.8, 4) is 0 Å². The summed E-state index contributed by atoms with van der Waals surface area (Å²) in [5, 5.41) is 5.12. The van der Waals surface area contributed by atoms with E-state index < -0.39 is 38.3 Å². The van der Waals surface area contributed by atoms with E-state index in [0.717, 1.165) is 13.0 Å². The molecule has 0 aromatic heterocycles. The Labute approximate surface area is 134 Å². The van der Waals surface area contributed by atoms with Crippen LogP contribution in [-0.2, 0) is 14.8 Å². The van der Waals surface area contributed by atoms with E-state index in [1.165, 1.54) is 17.1 Å². The molecule has 2 unspecified atom stereocenters. The molecule has 1 aliphatic rings. The van der Waals surface area contributed by atoms with Gasteiger partial charge in [0.2, 0.25) is 15.9 Å². The summed E-state index contributed by atoms with van der Waals surface area (Å²) in [6.07, 6.45) is -1.47. The molecule has 5 nitrogen and oxygen atoms in total. The van der Waals surface area contributed by atoms with E-state index in [9.17, 15) is 26.4 Å². The van der Waals surface area contributed by atoms with Crippen molar-refractivity contribution in [2.24, 2.45) is 16.5 Å². The third kappa shape index (κ3) is 3.60. The number of nitrogens with two attached hydrogens (primary N) is 1. The second-order valence-corrected chi connectivity index (χ2v) is 6.95. The first-order valence-electron chi connectivity index (χ1n) is 7.19. The normalized spacial score (nSPS) is 23.3. The average molecular weight is 354 g/mol. The Morgan fingerprint density at radius 2 is 1.91 bits per heavy atom. The van der Waals surface area contributed by atoms with Gasteiger partial charge < -0.3 is 4.90 Å². The number of primary sulfonamides is 1. The second kappa shape index (κ2) is 6.64. The molecular weight excluding hydrogens is 333 g/mol. The quantitative estimate of drug-likeness (QED) is 0.822. The summed E-state index contributed by atoms with van der Waals surface area (Å²) in [6, 6.07) is 0. The molecule has 2 atom stereocenters. The lowest BCUT2D eigenvalue weighted by molar-refractivity contribution is -0.201. The summed E-state index contributed by atoms with van der Waals surface area (Å²) in [6.45, 7) is 4.39. The van der Waals surface area contributed by atoms with Gasteiger partial charge in [-0.25, -0.2) is 13.6 Å². The molecule has 0 saturated heterocycles. The number of hydrogen-bond donors (Lipinski definition) is 1. The fourth-order valence-corrected chi connectivity index (χ4v) is 3.97. The first kappa shape index (κ1) is 19.7. The Kier molecular flexibility index (Phi) is 5.69.